The molecule has 7 heteroatoms. The molecule has 4 aromatic rings. The van der Waals surface area contributed by atoms with Gasteiger partial charge >= 0.3 is 0 Å². The van der Waals surface area contributed by atoms with Gasteiger partial charge in [0.25, 0.3) is 0 Å². The zero-order valence-corrected chi connectivity index (χ0v) is 16.8. The number of H-pyrrole nitrogens is 1. The quantitative estimate of drug-likeness (QED) is 0.479. The molecule has 0 unspecified atom stereocenters. The second-order valence-corrected chi connectivity index (χ2v) is 7.52. The van der Waals surface area contributed by atoms with Crippen LogP contribution in [0.5, 0.6) is 5.75 Å². The molecule has 0 bridgehead atoms. The topological polar surface area (TPSA) is 89.3 Å². The lowest BCUT2D eigenvalue weighted by Gasteiger charge is -2.26. The Morgan fingerprint density at radius 2 is 1.97 bits per heavy atom. The number of morpholine rings is 1. The number of anilines is 1. The molecule has 0 saturated carbocycles. The number of imidazole rings is 1. The second-order valence-electron chi connectivity index (χ2n) is 7.52. The molecule has 1 saturated heterocycles. The molecule has 0 radical (unpaired) electrons. The van der Waals surface area contributed by atoms with Gasteiger partial charge in [-0.3, -0.25) is 9.88 Å². The zero-order chi connectivity index (χ0) is 20.3. The predicted molar refractivity (Wildman–Crippen MR) is 119 cm³/mol. The molecule has 30 heavy (non-hydrogen) atoms. The fourth-order valence-corrected chi connectivity index (χ4v) is 3.86. The molecular formula is C23H25N5O2. The number of nitrogen functional groups attached to an aromatic ring is 1. The molecule has 3 heterocycles. The van der Waals surface area contributed by atoms with Crippen molar-refractivity contribution in [2.24, 2.45) is 0 Å². The summed E-state index contributed by atoms with van der Waals surface area (Å²) in [5, 5.41) is 0.930. The van der Waals surface area contributed by atoms with Gasteiger partial charge in [0.15, 0.2) is 0 Å². The van der Waals surface area contributed by atoms with E-state index in [1.165, 1.54) is 0 Å². The van der Waals surface area contributed by atoms with E-state index in [1.54, 1.807) is 6.20 Å². The number of nitrogens with zero attached hydrogens (tertiary/aromatic N) is 3. The van der Waals surface area contributed by atoms with Gasteiger partial charge in [-0.2, -0.15) is 0 Å². The Bertz CT molecular complexity index is 1170. The molecular weight excluding hydrogens is 378 g/mol. The van der Waals surface area contributed by atoms with Crippen molar-refractivity contribution < 1.29 is 9.47 Å². The highest BCUT2D eigenvalue weighted by atomic mass is 16.5. The van der Waals surface area contributed by atoms with Gasteiger partial charge in [-0.15, -0.1) is 0 Å². The van der Waals surface area contributed by atoms with Crippen molar-refractivity contribution in [3.63, 3.8) is 0 Å². The van der Waals surface area contributed by atoms with E-state index in [0.29, 0.717) is 18.1 Å². The van der Waals surface area contributed by atoms with Crippen LogP contribution in [0.3, 0.4) is 0 Å². The number of nitrogens with one attached hydrogen (secondary N) is 1. The van der Waals surface area contributed by atoms with Gasteiger partial charge in [0.1, 0.15) is 11.6 Å². The van der Waals surface area contributed by atoms with Gasteiger partial charge in [-0.1, -0.05) is 18.2 Å². The van der Waals surface area contributed by atoms with Crippen LogP contribution in [0.2, 0.25) is 0 Å². The molecule has 7 nitrogen and oxygen atoms in total. The average Bonchev–Trinajstić information content (AvgIpc) is 3.21. The average molecular weight is 403 g/mol. The minimum atomic E-state index is 0.680. The molecule has 0 aliphatic carbocycles. The molecule has 154 valence electrons. The van der Waals surface area contributed by atoms with Crippen molar-refractivity contribution in [2.75, 3.05) is 45.2 Å². The number of pyridine rings is 1. The first-order valence-electron chi connectivity index (χ1n) is 10.3. The maximum Gasteiger partial charge on any atom is 0.142 e. The summed E-state index contributed by atoms with van der Waals surface area (Å²) in [4.78, 5) is 15.0. The van der Waals surface area contributed by atoms with E-state index in [2.05, 4.69) is 14.9 Å². The molecule has 2 aromatic carbocycles. The third-order valence-corrected chi connectivity index (χ3v) is 5.52. The van der Waals surface area contributed by atoms with E-state index in [4.69, 9.17) is 20.2 Å². The summed E-state index contributed by atoms with van der Waals surface area (Å²) in [5.41, 5.74) is 10.6. The molecule has 0 spiro atoms. The van der Waals surface area contributed by atoms with Crippen LogP contribution in [0.4, 0.5) is 5.69 Å². The molecule has 0 atom stereocenters. The highest BCUT2D eigenvalue weighted by Crippen LogP contribution is 2.31. The SMILES string of the molecule is Nc1c(-c2nc3ccc(OCCCN4CCOCC4)cc3[nH]2)cnc2ccccc12. The summed E-state index contributed by atoms with van der Waals surface area (Å²) in [6.45, 7) is 5.40. The van der Waals surface area contributed by atoms with Crippen LogP contribution in [-0.2, 0) is 4.74 Å². The number of aromatic nitrogens is 3. The monoisotopic (exact) mass is 403 g/mol. The van der Waals surface area contributed by atoms with Crippen LogP contribution in [0, 0.1) is 0 Å². The number of ether oxygens (including phenoxy) is 2. The molecule has 3 N–H and O–H groups in total. The molecule has 2 aromatic heterocycles. The van der Waals surface area contributed by atoms with E-state index in [9.17, 15) is 0 Å². The van der Waals surface area contributed by atoms with Crippen LogP contribution in [0.25, 0.3) is 33.3 Å². The molecule has 1 aliphatic rings. The number of para-hydroxylation sites is 1. The highest BCUT2D eigenvalue weighted by molar-refractivity contribution is 5.97. The number of nitrogens with two attached hydrogens (primary N) is 1. The Labute approximate surface area is 174 Å². The Balaban J connectivity index is 1.30. The lowest BCUT2D eigenvalue weighted by Crippen LogP contribution is -2.37. The first kappa shape index (κ1) is 18.8. The van der Waals surface area contributed by atoms with Crippen molar-refractivity contribution in [3.05, 3.63) is 48.7 Å². The third kappa shape index (κ3) is 3.81. The van der Waals surface area contributed by atoms with Crippen LogP contribution in [0.15, 0.2) is 48.7 Å². The van der Waals surface area contributed by atoms with Crippen molar-refractivity contribution in [2.45, 2.75) is 6.42 Å². The lowest BCUT2D eigenvalue weighted by atomic mass is 10.1. The van der Waals surface area contributed by atoms with Crippen molar-refractivity contribution in [1.29, 1.82) is 0 Å². The molecule has 5 rings (SSSR count). The van der Waals surface area contributed by atoms with E-state index in [0.717, 1.165) is 72.5 Å². The van der Waals surface area contributed by atoms with Crippen molar-refractivity contribution >= 4 is 27.6 Å². The largest absolute Gasteiger partial charge is 0.493 e. The summed E-state index contributed by atoms with van der Waals surface area (Å²) < 4.78 is 11.3. The molecule has 1 fully saturated rings. The number of hydrogen-bond acceptors (Lipinski definition) is 6. The van der Waals surface area contributed by atoms with Gasteiger partial charge < -0.3 is 20.2 Å². The van der Waals surface area contributed by atoms with E-state index in [-0.39, 0.29) is 0 Å². The maximum atomic E-state index is 6.41. The summed E-state index contributed by atoms with van der Waals surface area (Å²) >= 11 is 0. The van der Waals surface area contributed by atoms with Crippen LogP contribution < -0.4 is 10.5 Å². The highest BCUT2D eigenvalue weighted by Gasteiger charge is 2.13. The van der Waals surface area contributed by atoms with Gasteiger partial charge in [0, 0.05) is 37.3 Å². The summed E-state index contributed by atoms with van der Waals surface area (Å²) in [6.07, 6.45) is 2.77. The Morgan fingerprint density at radius 3 is 2.87 bits per heavy atom. The van der Waals surface area contributed by atoms with Crippen LogP contribution in [-0.4, -0.2) is 59.3 Å². The van der Waals surface area contributed by atoms with Gasteiger partial charge in [-0.25, -0.2) is 4.98 Å². The Hall–Kier alpha value is -3.16. The van der Waals surface area contributed by atoms with Crippen molar-refractivity contribution in [3.8, 4) is 17.1 Å². The van der Waals surface area contributed by atoms with E-state index < -0.39 is 0 Å². The van der Waals surface area contributed by atoms with Crippen LogP contribution in [0.1, 0.15) is 6.42 Å². The summed E-state index contributed by atoms with van der Waals surface area (Å²) in [6, 6.07) is 13.8. The first-order chi connectivity index (χ1) is 14.8. The number of aromatic amines is 1. The van der Waals surface area contributed by atoms with E-state index in [1.807, 2.05) is 42.5 Å². The third-order valence-electron chi connectivity index (χ3n) is 5.52. The fraction of sp³-hybridized carbons (Fsp3) is 0.304. The minimum Gasteiger partial charge on any atom is -0.493 e. The number of rotatable bonds is 6. The number of hydrogen-bond donors (Lipinski definition) is 2. The Kier molecular flexibility index (Phi) is 5.21. The van der Waals surface area contributed by atoms with E-state index >= 15 is 0 Å². The summed E-state index contributed by atoms with van der Waals surface area (Å²) in [7, 11) is 0. The molecule has 1 aliphatic heterocycles. The van der Waals surface area contributed by atoms with Gasteiger partial charge in [0.2, 0.25) is 0 Å². The predicted octanol–water partition coefficient (Wildman–Crippen LogP) is 3.46. The zero-order valence-electron chi connectivity index (χ0n) is 16.8. The number of benzene rings is 2. The van der Waals surface area contributed by atoms with Crippen LogP contribution >= 0.6 is 0 Å². The van der Waals surface area contributed by atoms with Gasteiger partial charge in [0.05, 0.1) is 47.6 Å². The van der Waals surface area contributed by atoms with Crippen molar-refractivity contribution in [1.82, 2.24) is 19.9 Å². The smallest absolute Gasteiger partial charge is 0.142 e. The normalized spacial score (nSPS) is 15.1. The number of fused-ring (bicyclic) bond motifs is 2. The maximum absolute atomic E-state index is 6.41. The fourth-order valence-electron chi connectivity index (χ4n) is 3.86. The molecule has 0 amide bonds. The minimum absolute atomic E-state index is 0.680. The second kappa shape index (κ2) is 8.30. The first-order valence-corrected chi connectivity index (χ1v) is 10.3. The standard InChI is InChI=1S/C23H25N5O2/c24-22-17-4-1-2-5-19(17)25-15-18(22)23-26-20-7-6-16(14-21(20)27-23)30-11-3-8-28-9-12-29-13-10-28/h1-2,4-7,14-15H,3,8-13H2,(H2,24,25)(H,26,27). The van der Waals surface area contributed by atoms with Gasteiger partial charge in [-0.05, 0) is 24.6 Å². The summed E-state index contributed by atoms with van der Waals surface area (Å²) in [5.74, 6) is 1.55. The lowest BCUT2D eigenvalue weighted by molar-refractivity contribution is 0.0358. The Morgan fingerprint density at radius 1 is 1.10 bits per heavy atom.